The lowest BCUT2D eigenvalue weighted by atomic mass is 10.1. The first kappa shape index (κ1) is 15.9. The minimum atomic E-state index is -0.367. The van der Waals surface area contributed by atoms with Crippen LogP contribution in [0.15, 0.2) is 48.5 Å². The van der Waals surface area contributed by atoms with Crippen LogP contribution in [0, 0.1) is 0 Å². The van der Waals surface area contributed by atoms with Crippen LogP contribution in [-0.2, 0) is 4.79 Å². The quantitative estimate of drug-likeness (QED) is 0.834. The highest BCUT2D eigenvalue weighted by molar-refractivity contribution is 5.80. The van der Waals surface area contributed by atoms with Gasteiger partial charge < -0.3 is 15.2 Å². The van der Waals surface area contributed by atoms with E-state index in [2.05, 4.69) is 0 Å². The monoisotopic (exact) mass is 301 g/mol. The molecule has 0 aliphatic rings. The van der Waals surface area contributed by atoms with Gasteiger partial charge in [0.05, 0.1) is 21.3 Å². The van der Waals surface area contributed by atoms with Gasteiger partial charge in [-0.1, -0.05) is 0 Å². The molecule has 0 saturated carbocycles. The summed E-state index contributed by atoms with van der Waals surface area (Å²) in [4.78, 5) is 11.6. The van der Waals surface area contributed by atoms with Gasteiger partial charge >= 0.3 is 0 Å². The summed E-state index contributed by atoms with van der Waals surface area (Å²) in [7, 11) is 5.19. The van der Waals surface area contributed by atoms with Crippen LogP contribution < -0.4 is 19.7 Å². The molecule has 0 unspecified atom stereocenters. The van der Waals surface area contributed by atoms with E-state index in [4.69, 9.17) is 15.2 Å². The summed E-state index contributed by atoms with van der Waals surface area (Å²) in [5.41, 5.74) is 7.36. The van der Waals surface area contributed by atoms with Crippen molar-refractivity contribution >= 4 is 17.3 Å². The second-order valence-corrected chi connectivity index (χ2v) is 5.21. The van der Waals surface area contributed by atoms with E-state index in [-0.39, 0.29) is 16.9 Å². The third-order valence-corrected chi connectivity index (χ3v) is 3.76. The number of benzene rings is 2. The maximum atomic E-state index is 11.6. The second-order valence-electron chi connectivity index (χ2n) is 5.21. The normalized spacial score (nSPS) is 11.0. The molecule has 1 amide bonds. The predicted molar refractivity (Wildman–Crippen MR) is 87.4 cm³/mol. The van der Waals surface area contributed by atoms with E-state index in [1.807, 2.05) is 55.6 Å². The minimum Gasteiger partial charge on any atom is -0.497 e. The van der Waals surface area contributed by atoms with Crippen molar-refractivity contribution in [1.29, 1.82) is 0 Å². The van der Waals surface area contributed by atoms with Crippen LogP contribution in [0.25, 0.3) is 0 Å². The van der Waals surface area contributed by atoms with Crippen molar-refractivity contribution in [3.63, 3.8) is 0 Å². The highest BCUT2D eigenvalue weighted by Gasteiger charge is 2.30. The van der Waals surface area contributed by atoms with Gasteiger partial charge in [-0.25, -0.2) is 0 Å². The third kappa shape index (κ3) is 3.20. The summed E-state index contributed by atoms with van der Waals surface area (Å²) in [6.07, 6.45) is 0. The number of rotatable bonds is 6. The highest BCUT2D eigenvalue weighted by Crippen LogP contribution is 2.34. The van der Waals surface area contributed by atoms with E-state index in [1.165, 1.54) is 0 Å². The minimum absolute atomic E-state index is 0.165. The molecule has 5 heteroatoms. The number of methoxy groups -OCH3 is 2. The molecule has 0 atom stereocenters. The van der Waals surface area contributed by atoms with E-state index in [0.717, 1.165) is 22.9 Å². The predicted octanol–water partition coefficient (Wildman–Crippen LogP) is 2.46. The number of hydrogen-bond donors (Lipinski definition) is 1. The van der Waals surface area contributed by atoms with Crippen molar-refractivity contribution < 1.29 is 14.3 Å². The second kappa shape index (κ2) is 6.49. The summed E-state index contributed by atoms with van der Waals surface area (Å²) >= 11 is 0. The molecule has 0 aliphatic heterocycles. The molecule has 0 aliphatic carbocycles. The van der Waals surface area contributed by atoms with Gasteiger partial charge in [-0.2, -0.15) is 0 Å². The standard InChI is InChI=1S/C17H20N2O3/c1-19(12-17(18)20,13-4-8-15(21-2)9-5-13)14-6-10-16(22-3)11-7-14/h4-11H,12H2,1-3H3,(H-,18,20)/p+1. The summed E-state index contributed by atoms with van der Waals surface area (Å²) < 4.78 is 10.6. The largest absolute Gasteiger partial charge is 0.497 e. The number of carbonyl (C=O) groups is 1. The smallest absolute Gasteiger partial charge is 0.273 e. The Labute approximate surface area is 130 Å². The lowest BCUT2D eigenvalue weighted by Crippen LogP contribution is -2.46. The molecule has 2 aromatic rings. The van der Waals surface area contributed by atoms with Crippen molar-refractivity contribution in [2.24, 2.45) is 5.73 Å². The molecule has 0 radical (unpaired) electrons. The van der Waals surface area contributed by atoms with Gasteiger partial charge in [0, 0.05) is 24.3 Å². The fourth-order valence-corrected chi connectivity index (χ4v) is 2.47. The van der Waals surface area contributed by atoms with E-state index in [9.17, 15) is 4.79 Å². The van der Waals surface area contributed by atoms with Crippen molar-refractivity contribution in [3.8, 4) is 11.5 Å². The lowest BCUT2D eigenvalue weighted by Gasteiger charge is -2.32. The Balaban J connectivity index is 2.47. The average molecular weight is 301 g/mol. The first-order valence-corrected chi connectivity index (χ1v) is 6.92. The summed E-state index contributed by atoms with van der Waals surface area (Å²) in [5, 5.41) is 0. The third-order valence-electron chi connectivity index (χ3n) is 3.76. The number of likely N-dealkylation sites (N-methyl/N-ethyl adjacent to an activating group) is 1. The molecule has 116 valence electrons. The summed E-state index contributed by atoms with van der Waals surface area (Å²) in [6.45, 7) is 0.165. The number of ether oxygens (including phenoxy) is 2. The molecule has 5 nitrogen and oxygen atoms in total. The Kier molecular flexibility index (Phi) is 4.68. The molecule has 2 rings (SSSR count). The van der Waals surface area contributed by atoms with Gasteiger partial charge in [-0.3, -0.25) is 9.28 Å². The van der Waals surface area contributed by atoms with Crippen molar-refractivity contribution in [3.05, 3.63) is 48.5 Å². The Morgan fingerprint density at radius 2 is 1.27 bits per heavy atom. The number of nitrogens with zero attached hydrogens (tertiary/aromatic N) is 1. The molecule has 2 aromatic carbocycles. The highest BCUT2D eigenvalue weighted by atomic mass is 16.5. The fourth-order valence-electron chi connectivity index (χ4n) is 2.47. The number of quaternary nitrogens is 1. The topological polar surface area (TPSA) is 61.5 Å². The summed E-state index contributed by atoms with van der Waals surface area (Å²) in [6, 6.07) is 15.2. The van der Waals surface area contributed by atoms with Crippen LogP contribution >= 0.6 is 0 Å². The van der Waals surface area contributed by atoms with Crippen LogP contribution in [0.1, 0.15) is 0 Å². The molecule has 22 heavy (non-hydrogen) atoms. The van der Waals surface area contributed by atoms with Crippen molar-refractivity contribution in [2.75, 3.05) is 27.8 Å². The van der Waals surface area contributed by atoms with Gasteiger partial charge in [-0.15, -0.1) is 0 Å². The van der Waals surface area contributed by atoms with Crippen LogP contribution in [0.5, 0.6) is 11.5 Å². The van der Waals surface area contributed by atoms with Gasteiger partial charge in [0.1, 0.15) is 22.9 Å². The van der Waals surface area contributed by atoms with Crippen molar-refractivity contribution in [2.45, 2.75) is 0 Å². The maximum absolute atomic E-state index is 11.6. The van der Waals surface area contributed by atoms with E-state index < -0.39 is 0 Å². The number of amides is 1. The van der Waals surface area contributed by atoms with Crippen LogP contribution in [0.4, 0.5) is 11.4 Å². The Bertz CT molecular complexity index is 588. The molecule has 0 aromatic heterocycles. The number of nitrogens with two attached hydrogens (primary N) is 1. The Morgan fingerprint density at radius 3 is 1.55 bits per heavy atom. The first-order chi connectivity index (χ1) is 10.5. The summed E-state index contributed by atoms with van der Waals surface area (Å²) in [5.74, 6) is 1.17. The van der Waals surface area contributed by atoms with Crippen molar-refractivity contribution in [1.82, 2.24) is 4.48 Å². The Morgan fingerprint density at radius 1 is 0.909 bits per heavy atom. The first-order valence-electron chi connectivity index (χ1n) is 6.92. The zero-order valence-electron chi connectivity index (χ0n) is 13.1. The average Bonchev–Trinajstić information content (AvgIpc) is 2.54. The molecule has 0 bridgehead atoms. The SMILES string of the molecule is COc1ccc([N+](C)(CC(N)=O)c2ccc(OC)cc2)cc1. The zero-order chi connectivity index (χ0) is 16.2. The molecule has 2 N–H and O–H groups in total. The lowest BCUT2D eigenvalue weighted by molar-refractivity contribution is -0.118. The van der Waals surface area contributed by atoms with Crippen LogP contribution in [0.3, 0.4) is 0 Å². The van der Waals surface area contributed by atoms with Gasteiger partial charge in [-0.05, 0) is 24.3 Å². The van der Waals surface area contributed by atoms with E-state index in [0.29, 0.717) is 0 Å². The van der Waals surface area contributed by atoms with E-state index >= 15 is 0 Å². The zero-order valence-corrected chi connectivity index (χ0v) is 13.1. The molecular formula is C17H21N2O3+. The molecule has 0 saturated heterocycles. The van der Waals surface area contributed by atoms with Gasteiger partial charge in [0.15, 0.2) is 6.54 Å². The van der Waals surface area contributed by atoms with Crippen LogP contribution in [-0.4, -0.2) is 33.7 Å². The number of primary amides is 1. The van der Waals surface area contributed by atoms with Gasteiger partial charge in [0.2, 0.25) is 0 Å². The van der Waals surface area contributed by atoms with E-state index in [1.54, 1.807) is 14.2 Å². The number of carbonyl (C=O) groups excluding carboxylic acids is 1. The molecule has 0 spiro atoms. The molecule has 0 heterocycles. The fraction of sp³-hybridized carbons (Fsp3) is 0.235. The van der Waals surface area contributed by atoms with Crippen LogP contribution in [0.2, 0.25) is 0 Å². The maximum Gasteiger partial charge on any atom is 0.273 e. The number of hydrogen-bond acceptors (Lipinski definition) is 3. The molecule has 0 fully saturated rings. The Hall–Kier alpha value is -2.53. The van der Waals surface area contributed by atoms with Gasteiger partial charge in [0.25, 0.3) is 5.91 Å². The molecular weight excluding hydrogens is 280 g/mol.